The van der Waals surface area contributed by atoms with Gasteiger partial charge in [0, 0.05) is 15.2 Å². The van der Waals surface area contributed by atoms with E-state index in [1.165, 1.54) is 12.0 Å². The van der Waals surface area contributed by atoms with Crippen LogP contribution in [0.4, 0.5) is 0 Å². The molecule has 38 heavy (non-hydrogen) atoms. The Morgan fingerprint density at radius 3 is 2.39 bits per heavy atom. The second-order valence-electron chi connectivity index (χ2n) is 10.8. The van der Waals surface area contributed by atoms with Gasteiger partial charge in [0.25, 0.3) is 0 Å². The smallest absolute Gasteiger partial charge is 0.163 e. The summed E-state index contributed by atoms with van der Waals surface area (Å²) < 4.78 is 0. The van der Waals surface area contributed by atoms with Gasteiger partial charge in [0.15, 0.2) is 5.78 Å². The molecule has 0 fully saturated rings. The Morgan fingerprint density at radius 1 is 1.13 bits per heavy atom. The van der Waals surface area contributed by atoms with Gasteiger partial charge < -0.3 is 5.32 Å². The van der Waals surface area contributed by atoms with Crippen molar-refractivity contribution in [3.63, 3.8) is 0 Å². The summed E-state index contributed by atoms with van der Waals surface area (Å²) in [4.78, 5) is 12.2. The Labute approximate surface area is 234 Å². The average molecular weight is 515 g/mol. The van der Waals surface area contributed by atoms with Crippen LogP contribution in [0.2, 0.25) is 0 Å². The van der Waals surface area contributed by atoms with Crippen molar-refractivity contribution in [3.05, 3.63) is 90.0 Å². The predicted molar refractivity (Wildman–Crippen MR) is 167 cm³/mol. The van der Waals surface area contributed by atoms with E-state index in [4.69, 9.17) is 0 Å². The van der Waals surface area contributed by atoms with Crippen LogP contribution in [-0.2, 0) is 11.2 Å². The molecule has 3 heteroatoms. The Kier molecular flexibility index (Phi) is 13.0. The fourth-order valence-electron chi connectivity index (χ4n) is 4.38. The van der Waals surface area contributed by atoms with E-state index in [1.54, 1.807) is 6.08 Å². The third kappa shape index (κ3) is 9.58. The highest BCUT2D eigenvalue weighted by atomic mass is 16.1. The summed E-state index contributed by atoms with van der Waals surface area (Å²) in [7, 11) is 0. The molecule has 0 amide bonds. The van der Waals surface area contributed by atoms with E-state index in [9.17, 15) is 10.1 Å². The van der Waals surface area contributed by atoms with Gasteiger partial charge in [-0.15, -0.1) is 13.2 Å². The van der Waals surface area contributed by atoms with Crippen molar-refractivity contribution in [1.82, 2.24) is 5.32 Å². The Morgan fingerprint density at radius 2 is 1.82 bits per heavy atom. The minimum Gasteiger partial charge on any atom is -0.301 e. The van der Waals surface area contributed by atoms with E-state index in [-0.39, 0.29) is 20.6 Å². The number of nitrogens with one attached hydrogen (secondary N) is 1. The fourth-order valence-corrected chi connectivity index (χ4v) is 4.38. The topological polar surface area (TPSA) is 52.9 Å². The molecule has 0 aromatic heterocycles. The molecule has 0 heterocycles. The van der Waals surface area contributed by atoms with Crippen LogP contribution in [0.25, 0.3) is 17.2 Å². The predicted octanol–water partition coefficient (Wildman–Crippen LogP) is 9.17. The molecule has 1 aliphatic rings. The third-order valence-corrected chi connectivity index (χ3v) is 7.36. The number of hydrogen-bond donors (Lipinski definition) is 1. The normalized spacial score (nSPS) is 16.3. The summed E-state index contributed by atoms with van der Waals surface area (Å²) >= 11 is 0. The zero-order valence-corrected chi connectivity index (χ0v) is 24.1. The minimum atomic E-state index is -0.165. The lowest BCUT2D eigenvalue weighted by Crippen LogP contribution is -2.33. The molecule has 0 saturated carbocycles. The molecule has 1 N–H and O–H groups in total. The van der Waals surface area contributed by atoms with Gasteiger partial charge in [0.05, 0.1) is 12.1 Å². The zero-order chi connectivity index (χ0) is 28.1. The average Bonchev–Trinajstić information content (AvgIpc) is 2.94. The van der Waals surface area contributed by atoms with Crippen molar-refractivity contribution in [2.75, 3.05) is 6.54 Å². The lowest BCUT2D eigenvalue weighted by atomic mass is 9.83. The summed E-state index contributed by atoms with van der Waals surface area (Å²) in [5.41, 5.74) is 6.95. The van der Waals surface area contributed by atoms with Crippen LogP contribution in [0.3, 0.4) is 0 Å². The molecule has 2 unspecified atom stereocenters. The van der Waals surface area contributed by atoms with Crippen molar-refractivity contribution in [1.29, 1.82) is 5.26 Å². The highest BCUT2D eigenvalue weighted by Crippen LogP contribution is 2.33. The van der Waals surface area contributed by atoms with Crippen molar-refractivity contribution in [2.45, 2.75) is 78.7 Å². The van der Waals surface area contributed by atoms with Gasteiger partial charge in [-0.05, 0) is 84.5 Å². The van der Waals surface area contributed by atoms with Crippen molar-refractivity contribution < 1.29 is 7.65 Å². The molecular formula is C35H50N2O. The number of nitriles is 1. The number of nitrogens with zero attached hydrogens (tertiary/aromatic N) is 1. The van der Waals surface area contributed by atoms with Gasteiger partial charge in [-0.25, -0.2) is 0 Å². The van der Waals surface area contributed by atoms with E-state index >= 15 is 0 Å². The molecule has 3 nitrogen and oxygen atoms in total. The first-order valence-electron chi connectivity index (χ1n) is 14.1. The molecule has 206 valence electrons. The highest BCUT2D eigenvalue weighted by Gasteiger charge is 2.22. The van der Waals surface area contributed by atoms with E-state index in [0.29, 0.717) is 18.3 Å². The fraction of sp³-hybridized carbons (Fsp3) is 0.429. The van der Waals surface area contributed by atoms with Crippen molar-refractivity contribution >= 4 is 11.9 Å². The number of hydrogen-bond acceptors (Lipinski definition) is 3. The zero-order valence-electron chi connectivity index (χ0n) is 24.1. The maximum absolute atomic E-state index is 12.2. The SMILES string of the molecule is C=CC(C)CCC(=C)C.CCC1C(=O)C=Cc2ccc(-c3ccc(C[C@@H](C#N)NC[C@@H](C)CC)cc3)cc21.[HH].[HH]. The molecule has 1 aliphatic carbocycles. The standard InChI is InChI=1S/C26H30N2O.C9H16.2H2/c1-4-18(3)17-28-23(16-27)14-19-6-8-20(9-7-19)22-11-10-21-12-13-26(29)24(5-2)25(21)15-22;1-5-9(4)7-6-8(2)3;;/h6-13,15,18,23-24,28H,4-5,14,17H2,1-3H3;5,9H,1-2,6-7H2,3-4H3;2*1H/t18-,23-,24?;;;/m0.../s1. The van der Waals surface area contributed by atoms with E-state index in [0.717, 1.165) is 53.6 Å². The molecular weight excluding hydrogens is 464 g/mol. The molecule has 3 rings (SSSR count). The number of rotatable bonds is 12. The molecule has 4 atom stereocenters. The van der Waals surface area contributed by atoms with E-state index < -0.39 is 0 Å². The van der Waals surface area contributed by atoms with Gasteiger partial charge in [0.1, 0.15) is 0 Å². The summed E-state index contributed by atoms with van der Waals surface area (Å²) in [5, 5.41) is 12.8. The summed E-state index contributed by atoms with van der Waals surface area (Å²) in [5.74, 6) is 1.37. The van der Waals surface area contributed by atoms with Crippen LogP contribution in [0, 0.1) is 23.2 Å². The largest absolute Gasteiger partial charge is 0.301 e. The summed E-state index contributed by atoms with van der Waals surface area (Å²) in [6.45, 7) is 19.1. The van der Waals surface area contributed by atoms with Crippen LogP contribution in [0.5, 0.6) is 0 Å². The van der Waals surface area contributed by atoms with Gasteiger partial charge in [-0.2, -0.15) is 5.26 Å². The van der Waals surface area contributed by atoms with Crippen molar-refractivity contribution in [3.8, 4) is 17.2 Å². The summed E-state index contributed by atoms with van der Waals surface area (Å²) in [6, 6.07) is 17.0. The third-order valence-electron chi connectivity index (χ3n) is 7.36. The maximum atomic E-state index is 12.2. The van der Waals surface area contributed by atoms with Gasteiger partial charge in [0.2, 0.25) is 0 Å². The molecule has 0 aliphatic heterocycles. The van der Waals surface area contributed by atoms with Crippen LogP contribution in [0.1, 0.15) is 85.8 Å². The first-order chi connectivity index (χ1) is 18.2. The molecule has 0 saturated heterocycles. The van der Waals surface area contributed by atoms with Crippen LogP contribution in [-0.4, -0.2) is 18.4 Å². The number of allylic oxidation sites excluding steroid dienone is 3. The van der Waals surface area contributed by atoms with E-state index in [1.807, 2.05) is 12.2 Å². The lowest BCUT2D eigenvalue weighted by Gasteiger charge is -2.20. The number of ketones is 1. The first-order valence-corrected chi connectivity index (χ1v) is 14.1. The molecule has 0 radical (unpaired) electrons. The lowest BCUT2D eigenvalue weighted by molar-refractivity contribution is -0.116. The Balaban J connectivity index is 0.00000120. The van der Waals surface area contributed by atoms with Crippen LogP contribution in [0.15, 0.2) is 73.3 Å². The maximum Gasteiger partial charge on any atom is 0.163 e. The van der Waals surface area contributed by atoms with E-state index in [2.05, 4.69) is 102 Å². The molecule has 2 aromatic carbocycles. The van der Waals surface area contributed by atoms with Gasteiger partial charge in [-0.1, -0.05) is 88.2 Å². The highest BCUT2D eigenvalue weighted by molar-refractivity contribution is 6.02. The number of benzene rings is 2. The van der Waals surface area contributed by atoms with Crippen molar-refractivity contribution in [2.24, 2.45) is 11.8 Å². The second-order valence-corrected chi connectivity index (χ2v) is 10.8. The quantitative estimate of drug-likeness (QED) is 0.287. The molecule has 2 aromatic rings. The molecule has 0 spiro atoms. The monoisotopic (exact) mass is 514 g/mol. The van der Waals surface area contributed by atoms with Crippen LogP contribution < -0.4 is 5.32 Å². The Hall–Kier alpha value is -3.22. The number of carbonyl (C=O) groups is 1. The summed E-state index contributed by atoms with van der Waals surface area (Å²) in [6.07, 6.45) is 10.6. The number of fused-ring (bicyclic) bond motifs is 1. The second kappa shape index (κ2) is 15.9. The van der Waals surface area contributed by atoms with Gasteiger partial charge >= 0.3 is 0 Å². The van der Waals surface area contributed by atoms with Crippen LogP contribution >= 0.6 is 0 Å². The minimum absolute atomic E-state index is 0. The number of carbonyl (C=O) groups excluding carboxylic acids is 1. The first kappa shape index (κ1) is 31.0. The Bertz CT molecular complexity index is 1150. The van der Waals surface area contributed by atoms with Gasteiger partial charge in [-0.3, -0.25) is 4.79 Å². The molecule has 0 bridgehead atoms.